The molecule has 1 atom stereocenters. The highest BCUT2D eigenvalue weighted by Gasteiger charge is 2.34. The van der Waals surface area contributed by atoms with E-state index in [1.807, 2.05) is 30.3 Å². The van der Waals surface area contributed by atoms with Crippen LogP contribution in [0.15, 0.2) is 30.3 Å². The van der Waals surface area contributed by atoms with Gasteiger partial charge in [-0.15, -0.1) is 0 Å². The molecule has 1 heterocycles. The van der Waals surface area contributed by atoms with Crippen molar-refractivity contribution in [2.24, 2.45) is 11.1 Å². The monoisotopic (exact) mass is 289 g/mol. The number of nitrogens with one attached hydrogen (secondary N) is 1. The van der Waals surface area contributed by atoms with Crippen LogP contribution in [0.5, 0.6) is 0 Å². The molecule has 1 aliphatic rings. The number of piperidine rings is 1. The molecule has 21 heavy (non-hydrogen) atoms. The maximum absolute atomic E-state index is 12.5. The molecule has 1 fully saturated rings. The van der Waals surface area contributed by atoms with E-state index in [2.05, 4.69) is 24.2 Å². The van der Waals surface area contributed by atoms with Crippen molar-refractivity contribution in [3.05, 3.63) is 35.9 Å². The van der Waals surface area contributed by atoms with Crippen LogP contribution in [-0.4, -0.2) is 37.5 Å². The minimum atomic E-state index is -0.983. The largest absolute Gasteiger partial charge is 0.354 e. The zero-order chi connectivity index (χ0) is 15.5. The Morgan fingerprint density at radius 1 is 1.33 bits per heavy atom. The molecule has 0 saturated carbocycles. The molecule has 1 aromatic rings. The average Bonchev–Trinajstić information content (AvgIpc) is 2.49. The first-order valence-electron chi connectivity index (χ1n) is 7.65. The predicted octanol–water partition coefficient (Wildman–Crippen LogP) is 1.71. The van der Waals surface area contributed by atoms with Crippen molar-refractivity contribution in [2.45, 2.75) is 32.2 Å². The Hall–Kier alpha value is -1.39. The Morgan fingerprint density at radius 3 is 2.48 bits per heavy atom. The number of benzene rings is 1. The van der Waals surface area contributed by atoms with Crippen molar-refractivity contribution in [3.63, 3.8) is 0 Å². The van der Waals surface area contributed by atoms with Gasteiger partial charge >= 0.3 is 0 Å². The standard InChI is InChI=1S/C17H27N3O/c1-16(9-11-20(3)12-10-16)13-19-15(21)17(2,18)14-7-5-4-6-8-14/h4-8H,9-13,18H2,1-3H3,(H,19,21). The highest BCUT2D eigenvalue weighted by Crippen LogP contribution is 2.29. The molecule has 0 spiro atoms. The summed E-state index contributed by atoms with van der Waals surface area (Å²) in [5.74, 6) is -0.103. The van der Waals surface area contributed by atoms with Gasteiger partial charge in [0.2, 0.25) is 5.91 Å². The fourth-order valence-electron chi connectivity index (χ4n) is 2.73. The van der Waals surface area contributed by atoms with Crippen molar-refractivity contribution >= 4 is 5.91 Å². The predicted molar refractivity (Wildman–Crippen MR) is 85.8 cm³/mol. The molecule has 0 aliphatic carbocycles. The van der Waals surface area contributed by atoms with Gasteiger partial charge in [-0.2, -0.15) is 0 Å². The Balaban J connectivity index is 1.95. The molecule has 1 aliphatic heterocycles. The zero-order valence-electron chi connectivity index (χ0n) is 13.4. The molecular weight excluding hydrogens is 262 g/mol. The van der Waals surface area contributed by atoms with Crippen molar-refractivity contribution in [1.82, 2.24) is 10.2 Å². The van der Waals surface area contributed by atoms with E-state index in [4.69, 9.17) is 5.73 Å². The summed E-state index contributed by atoms with van der Waals surface area (Å²) in [6.45, 7) is 6.89. The van der Waals surface area contributed by atoms with Crippen LogP contribution in [0.2, 0.25) is 0 Å². The highest BCUT2D eigenvalue weighted by atomic mass is 16.2. The highest BCUT2D eigenvalue weighted by molar-refractivity contribution is 5.87. The van der Waals surface area contributed by atoms with Crippen LogP contribution >= 0.6 is 0 Å². The second kappa shape index (κ2) is 6.16. The van der Waals surface area contributed by atoms with Crippen molar-refractivity contribution in [1.29, 1.82) is 0 Å². The molecule has 0 radical (unpaired) electrons. The molecule has 1 amide bonds. The number of likely N-dealkylation sites (tertiary alicyclic amines) is 1. The maximum Gasteiger partial charge on any atom is 0.244 e. The van der Waals surface area contributed by atoms with Gasteiger partial charge in [-0.3, -0.25) is 4.79 Å². The number of rotatable bonds is 4. The van der Waals surface area contributed by atoms with Crippen LogP contribution in [0.3, 0.4) is 0 Å². The summed E-state index contributed by atoms with van der Waals surface area (Å²) < 4.78 is 0. The zero-order valence-corrected chi connectivity index (χ0v) is 13.4. The van der Waals surface area contributed by atoms with Crippen molar-refractivity contribution in [3.8, 4) is 0 Å². The molecule has 3 N–H and O–H groups in total. The summed E-state index contributed by atoms with van der Waals surface area (Å²) in [7, 11) is 2.14. The van der Waals surface area contributed by atoms with Crippen LogP contribution in [0.25, 0.3) is 0 Å². The molecule has 4 heteroatoms. The van der Waals surface area contributed by atoms with Crippen LogP contribution in [0.4, 0.5) is 0 Å². The summed E-state index contributed by atoms with van der Waals surface area (Å²) in [4.78, 5) is 14.8. The van der Waals surface area contributed by atoms with Crippen LogP contribution in [0.1, 0.15) is 32.3 Å². The average molecular weight is 289 g/mol. The Labute approximate surface area is 127 Å². The quantitative estimate of drug-likeness (QED) is 0.887. The third-order valence-electron chi connectivity index (χ3n) is 4.72. The van der Waals surface area contributed by atoms with E-state index >= 15 is 0 Å². The molecule has 1 aromatic carbocycles. The first-order chi connectivity index (χ1) is 9.83. The summed E-state index contributed by atoms with van der Waals surface area (Å²) in [6, 6.07) is 9.54. The van der Waals surface area contributed by atoms with E-state index in [-0.39, 0.29) is 11.3 Å². The van der Waals surface area contributed by atoms with Gasteiger partial charge in [0.25, 0.3) is 0 Å². The maximum atomic E-state index is 12.5. The van der Waals surface area contributed by atoms with Gasteiger partial charge in [0.1, 0.15) is 5.54 Å². The van der Waals surface area contributed by atoms with Gasteiger partial charge < -0.3 is 16.0 Å². The summed E-state index contributed by atoms with van der Waals surface area (Å²) in [6.07, 6.45) is 2.22. The first kappa shape index (κ1) is 16.0. The fraction of sp³-hybridized carbons (Fsp3) is 0.588. The lowest BCUT2D eigenvalue weighted by Crippen LogP contribution is -2.52. The lowest BCUT2D eigenvalue weighted by atomic mass is 9.80. The van der Waals surface area contributed by atoms with Gasteiger partial charge in [-0.1, -0.05) is 37.3 Å². The van der Waals surface area contributed by atoms with Gasteiger partial charge in [-0.25, -0.2) is 0 Å². The van der Waals surface area contributed by atoms with Crippen molar-refractivity contribution in [2.75, 3.05) is 26.7 Å². The topological polar surface area (TPSA) is 58.4 Å². The molecule has 0 bridgehead atoms. The fourth-order valence-corrected chi connectivity index (χ4v) is 2.73. The van der Waals surface area contributed by atoms with E-state index in [9.17, 15) is 4.79 Å². The molecule has 2 rings (SSSR count). The summed E-state index contributed by atoms with van der Waals surface area (Å²) >= 11 is 0. The van der Waals surface area contributed by atoms with Crippen LogP contribution in [-0.2, 0) is 10.3 Å². The van der Waals surface area contributed by atoms with E-state index < -0.39 is 5.54 Å². The first-order valence-corrected chi connectivity index (χ1v) is 7.65. The summed E-state index contributed by atoms with van der Waals surface area (Å²) in [5, 5.41) is 3.06. The third-order valence-corrected chi connectivity index (χ3v) is 4.72. The Bertz CT molecular complexity index is 476. The van der Waals surface area contributed by atoms with Gasteiger partial charge in [0.05, 0.1) is 0 Å². The molecule has 4 nitrogen and oxygen atoms in total. The second-order valence-electron chi connectivity index (χ2n) is 6.86. The lowest BCUT2D eigenvalue weighted by Gasteiger charge is -2.38. The van der Waals surface area contributed by atoms with E-state index in [0.29, 0.717) is 6.54 Å². The van der Waals surface area contributed by atoms with Gasteiger partial charge in [-0.05, 0) is 50.9 Å². The number of nitrogens with zero attached hydrogens (tertiary/aromatic N) is 1. The molecule has 1 saturated heterocycles. The van der Waals surface area contributed by atoms with Crippen LogP contribution < -0.4 is 11.1 Å². The smallest absolute Gasteiger partial charge is 0.244 e. The van der Waals surface area contributed by atoms with Gasteiger partial charge in [0, 0.05) is 6.54 Å². The molecule has 1 unspecified atom stereocenters. The number of carbonyl (C=O) groups excluding carboxylic acids is 1. The van der Waals surface area contributed by atoms with Crippen molar-refractivity contribution < 1.29 is 4.79 Å². The van der Waals surface area contributed by atoms with E-state index in [0.717, 1.165) is 31.5 Å². The number of nitrogens with two attached hydrogens (primary N) is 1. The Kier molecular flexibility index (Phi) is 4.69. The van der Waals surface area contributed by atoms with Crippen LogP contribution in [0, 0.1) is 5.41 Å². The van der Waals surface area contributed by atoms with E-state index in [1.54, 1.807) is 6.92 Å². The third kappa shape index (κ3) is 3.83. The molecule has 116 valence electrons. The number of hydrogen-bond donors (Lipinski definition) is 2. The summed E-state index contributed by atoms with van der Waals surface area (Å²) in [5.41, 5.74) is 6.28. The normalized spacial score (nSPS) is 21.5. The molecular formula is C17H27N3O. The second-order valence-corrected chi connectivity index (χ2v) is 6.86. The Morgan fingerprint density at radius 2 is 1.90 bits per heavy atom. The van der Waals surface area contributed by atoms with E-state index in [1.165, 1.54) is 0 Å². The van der Waals surface area contributed by atoms with Gasteiger partial charge in [0.15, 0.2) is 0 Å². The minimum Gasteiger partial charge on any atom is -0.354 e. The lowest BCUT2D eigenvalue weighted by molar-refractivity contribution is -0.126. The molecule has 0 aromatic heterocycles. The number of hydrogen-bond acceptors (Lipinski definition) is 3. The minimum absolute atomic E-state index is 0.103. The SMILES string of the molecule is CN1CCC(C)(CNC(=O)C(C)(N)c2ccccc2)CC1. The number of carbonyl (C=O) groups is 1. The number of amides is 1.